The lowest BCUT2D eigenvalue weighted by Crippen LogP contribution is -2.43. The minimum Gasteiger partial charge on any atom is -0.497 e. The number of nitriles is 1. The number of hydrogen-bond acceptors (Lipinski definition) is 13. The Morgan fingerprint density at radius 3 is 1.51 bits per heavy atom. The van der Waals surface area contributed by atoms with E-state index >= 15 is 0 Å². The maximum atomic E-state index is 13.8. The summed E-state index contributed by atoms with van der Waals surface area (Å²) < 4.78 is 10.2. The molecule has 2 aliphatic rings. The van der Waals surface area contributed by atoms with E-state index in [1.54, 1.807) is 38.5 Å². The molecular weight excluding hydrogens is 983 g/mol. The second-order valence-electron chi connectivity index (χ2n) is 17.7. The minimum absolute atomic E-state index is 0.237. The fraction of sp³-hybridized carbons (Fsp3) is 0.190. The first kappa shape index (κ1) is 54.2. The molecule has 0 unspecified atom stereocenters. The summed E-state index contributed by atoms with van der Waals surface area (Å²) in [6.07, 6.45) is 0. The van der Waals surface area contributed by atoms with Crippen LogP contribution in [0.3, 0.4) is 0 Å². The van der Waals surface area contributed by atoms with Gasteiger partial charge in [0, 0.05) is 82.8 Å². The Bertz CT molecular complexity index is 3590. The van der Waals surface area contributed by atoms with Gasteiger partial charge >= 0.3 is 0 Å². The molecule has 0 fully saturated rings. The fourth-order valence-corrected chi connectivity index (χ4v) is 9.13. The number of fused-ring (bicyclic) bond motifs is 4. The second kappa shape index (κ2) is 24.4. The highest BCUT2D eigenvalue weighted by molar-refractivity contribution is 7.80. The van der Waals surface area contributed by atoms with E-state index in [1.165, 1.54) is 16.7 Å². The lowest BCUT2D eigenvalue weighted by Gasteiger charge is -2.29. The predicted octanol–water partition coefficient (Wildman–Crippen LogP) is 10.7. The number of ether oxygens (including phenoxy) is 2. The number of nitrogens with two attached hydrogens (primary N) is 1. The summed E-state index contributed by atoms with van der Waals surface area (Å²) in [4.78, 5) is 63.6. The molecule has 0 aromatic heterocycles. The molecule has 0 aliphatic carbocycles. The maximum absolute atomic E-state index is 13.8. The van der Waals surface area contributed by atoms with Gasteiger partial charge in [-0.2, -0.15) is 10.3 Å². The average molecular weight is 1040 g/mol. The third kappa shape index (κ3) is 11.9. The van der Waals surface area contributed by atoms with Crippen LogP contribution in [0.25, 0.3) is 43.1 Å². The van der Waals surface area contributed by atoms with Gasteiger partial charge in [0.05, 0.1) is 42.3 Å². The number of hydrogen-bond donors (Lipinski definition) is 3. The van der Waals surface area contributed by atoms with Crippen molar-refractivity contribution in [2.24, 2.45) is 4.99 Å². The fourth-order valence-electron chi connectivity index (χ4n) is 8.80. The zero-order valence-electron chi connectivity index (χ0n) is 42.6. The van der Waals surface area contributed by atoms with Gasteiger partial charge in [0.25, 0.3) is 23.6 Å². The van der Waals surface area contributed by atoms with Gasteiger partial charge in [0.1, 0.15) is 11.5 Å². The molecule has 0 atom stereocenters. The molecule has 8 aromatic rings. The van der Waals surface area contributed by atoms with Crippen molar-refractivity contribution in [3.05, 3.63) is 156 Å². The van der Waals surface area contributed by atoms with Gasteiger partial charge in [-0.05, 0) is 159 Å². The predicted molar refractivity (Wildman–Crippen MR) is 307 cm³/mol. The molecule has 0 spiro atoms. The molecule has 10 rings (SSSR count). The van der Waals surface area contributed by atoms with Crippen molar-refractivity contribution in [1.82, 2.24) is 19.6 Å². The van der Waals surface area contributed by atoms with Crippen molar-refractivity contribution in [1.29, 1.82) is 5.26 Å². The van der Waals surface area contributed by atoms with Crippen molar-refractivity contribution in [3.8, 4) is 17.6 Å². The molecule has 15 nitrogen and oxygen atoms in total. The highest BCUT2D eigenvalue weighted by Gasteiger charge is 2.36. The second-order valence-corrected chi connectivity index (χ2v) is 18.3. The third-order valence-electron chi connectivity index (χ3n) is 12.3. The van der Waals surface area contributed by atoms with Crippen LogP contribution in [0.15, 0.2) is 138 Å². The number of isothiocyanates is 1. The molecule has 0 saturated carbocycles. The number of thiocarbonyl (C=S) groups is 2. The zero-order valence-corrected chi connectivity index (χ0v) is 44.2. The van der Waals surface area contributed by atoms with Crippen molar-refractivity contribution in [3.63, 3.8) is 0 Å². The number of nitrogen functional groups attached to an aromatic ring is 1. The summed E-state index contributed by atoms with van der Waals surface area (Å²) in [6, 6.07) is 43.0. The Morgan fingerprint density at radius 1 is 0.613 bits per heavy atom. The van der Waals surface area contributed by atoms with Crippen LogP contribution >= 0.6 is 24.4 Å². The van der Waals surface area contributed by atoms with Crippen molar-refractivity contribution >= 4 is 124 Å². The average Bonchev–Trinajstić information content (AvgIpc) is 3.41. The van der Waals surface area contributed by atoms with Gasteiger partial charge in [-0.25, -0.2) is 0 Å². The lowest BCUT2D eigenvalue weighted by molar-refractivity contribution is 0.0587. The van der Waals surface area contributed by atoms with E-state index in [0.717, 1.165) is 55.2 Å². The standard InChI is InChI=1S/C28H26N4O3S.C20H19N3O2.C8H7NOS.C2H3N/c1-31(2)14-15-32-26(33)21-8-4-6-17-16-18-7-5-9-22(24(18)25(23(17)21)27(32)34)30-28(36)29-19-10-12-20(35-3)13-11-19;1-22(2)9-10-23-19(24)14-7-3-5-12-11-13-6-4-8-15(21)17(13)18(16(12)14)20(23)25;1-10-8-4-2-7(3-5-8)9-6-11;1-2-3/h4-13,16H,14-15H2,1-3H3,(H2,29,30,36);3-8,11H,9-10,21H2,1-2H3;2-5H,1H3;1H3. The van der Waals surface area contributed by atoms with Crippen molar-refractivity contribution in [2.75, 3.05) is 85.0 Å². The highest BCUT2D eigenvalue weighted by Crippen LogP contribution is 2.40. The number of benzene rings is 8. The first-order chi connectivity index (χ1) is 36.1. The number of rotatable bonds is 11. The Kier molecular flexibility index (Phi) is 17.6. The summed E-state index contributed by atoms with van der Waals surface area (Å²) in [7, 11) is 10.9. The number of amides is 4. The van der Waals surface area contributed by atoms with Crippen LogP contribution < -0.4 is 25.8 Å². The molecule has 2 heterocycles. The zero-order chi connectivity index (χ0) is 53.9. The Hall–Kier alpha value is -8.62. The topological polar surface area (TPSA) is 186 Å². The summed E-state index contributed by atoms with van der Waals surface area (Å²) >= 11 is 10.0. The van der Waals surface area contributed by atoms with Crippen molar-refractivity contribution in [2.45, 2.75) is 6.92 Å². The highest BCUT2D eigenvalue weighted by atomic mass is 32.1. The number of carbonyl (C=O) groups excluding carboxylic acids is 4. The Morgan fingerprint density at radius 2 is 1.04 bits per heavy atom. The van der Waals surface area contributed by atoms with E-state index < -0.39 is 0 Å². The molecule has 4 N–H and O–H groups in total. The van der Waals surface area contributed by atoms with Crippen LogP contribution in [-0.4, -0.2) is 122 Å². The number of nitrogens with zero attached hydrogens (tertiary/aromatic N) is 6. The van der Waals surface area contributed by atoms with E-state index in [9.17, 15) is 19.2 Å². The van der Waals surface area contributed by atoms with Crippen LogP contribution in [-0.2, 0) is 0 Å². The monoisotopic (exact) mass is 1040 g/mol. The van der Waals surface area contributed by atoms with Crippen LogP contribution in [0.5, 0.6) is 11.5 Å². The molecule has 0 saturated heterocycles. The first-order valence-electron chi connectivity index (χ1n) is 23.6. The molecule has 8 aromatic carbocycles. The number of aliphatic imine (C=N–C) groups is 1. The number of nitrogens with one attached hydrogen (secondary N) is 2. The van der Waals surface area contributed by atoms with Gasteiger partial charge in [-0.15, -0.1) is 0 Å². The SMILES string of the molecule is CC#N.CN(C)CCN1C(=O)c2cccc3cc4cccc(N)c4c(c23)C1=O.COc1ccc(N=C=S)cc1.COc1ccc(NC(=S)Nc2cccc3cc4cccc5c4c(c23)C(=O)N(CCN(C)C)C5=O)cc1. The number of imide groups is 2. The Balaban J connectivity index is 0.000000181. The molecule has 2 aliphatic heterocycles. The van der Waals surface area contributed by atoms with Crippen LogP contribution in [0, 0.1) is 11.3 Å². The first-order valence-corrected chi connectivity index (χ1v) is 24.4. The molecule has 0 bridgehead atoms. The van der Waals surface area contributed by atoms with Crippen LogP contribution in [0.1, 0.15) is 48.4 Å². The number of methoxy groups -OCH3 is 2. The number of likely N-dealkylation sites (N-methyl/N-ethyl adjacent to an activating group) is 2. The van der Waals surface area contributed by atoms with Crippen LogP contribution in [0.2, 0.25) is 0 Å². The minimum atomic E-state index is -0.292. The molecule has 75 heavy (non-hydrogen) atoms. The summed E-state index contributed by atoms with van der Waals surface area (Å²) in [5.74, 6) is 0.508. The van der Waals surface area contributed by atoms with Gasteiger partial charge in [0.2, 0.25) is 0 Å². The van der Waals surface area contributed by atoms with E-state index in [1.807, 2.05) is 153 Å². The van der Waals surface area contributed by atoms with E-state index in [4.69, 9.17) is 32.7 Å². The number of carbonyl (C=O) groups is 4. The van der Waals surface area contributed by atoms with Crippen LogP contribution in [0.4, 0.5) is 22.7 Å². The van der Waals surface area contributed by atoms with Gasteiger partial charge in [0.15, 0.2) is 5.11 Å². The smallest absolute Gasteiger partial charge is 0.262 e. The molecule has 380 valence electrons. The summed E-state index contributed by atoms with van der Waals surface area (Å²) in [5, 5.41) is 22.9. The van der Waals surface area contributed by atoms with Gasteiger partial charge < -0.3 is 35.6 Å². The Labute approximate surface area is 445 Å². The van der Waals surface area contributed by atoms with E-state index in [2.05, 4.69) is 33.0 Å². The van der Waals surface area contributed by atoms with Gasteiger partial charge in [-0.3, -0.25) is 29.0 Å². The third-order valence-corrected chi connectivity index (χ3v) is 12.6. The van der Waals surface area contributed by atoms with E-state index in [-0.39, 0.29) is 23.6 Å². The molecule has 4 amide bonds. The quantitative estimate of drug-likeness (QED) is 0.0365. The van der Waals surface area contributed by atoms with E-state index in [0.29, 0.717) is 75.7 Å². The van der Waals surface area contributed by atoms with Crippen molar-refractivity contribution < 1.29 is 28.7 Å². The lowest BCUT2D eigenvalue weighted by atomic mass is 9.89. The maximum Gasteiger partial charge on any atom is 0.262 e. The molecular formula is C58H55N9O6S2. The van der Waals surface area contributed by atoms with Gasteiger partial charge in [-0.1, -0.05) is 48.5 Å². The summed E-state index contributed by atoms with van der Waals surface area (Å²) in [6.45, 7) is 3.28. The largest absolute Gasteiger partial charge is 0.497 e. The normalized spacial score (nSPS) is 12.3. The molecule has 0 radical (unpaired) electrons. The number of anilines is 3. The molecule has 17 heteroatoms. The summed E-state index contributed by atoms with van der Waals surface area (Å²) in [5.41, 5.74) is 11.2.